The van der Waals surface area contributed by atoms with Crippen LogP contribution in [0.4, 0.5) is 8.78 Å². The maximum Gasteiger partial charge on any atom is 0.223 e. The average molecular weight is 265 g/mol. The van der Waals surface area contributed by atoms with Crippen molar-refractivity contribution < 1.29 is 13.6 Å². The first-order valence-corrected chi connectivity index (χ1v) is 6.87. The number of rotatable bonds is 5. The minimum absolute atomic E-state index is 0.0125. The van der Waals surface area contributed by atoms with Crippen LogP contribution in [0, 0.1) is 17.6 Å². The van der Waals surface area contributed by atoms with Crippen molar-refractivity contribution in [1.82, 2.24) is 4.90 Å². The first-order valence-electron chi connectivity index (χ1n) is 6.87. The zero-order chi connectivity index (χ0) is 13.4. The average Bonchev–Trinajstić information content (AvgIpc) is 3.22. The van der Waals surface area contributed by atoms with E-state index in [2.05, 4.69) is 0 Å². The standard InChI is InChI=1S/C15H17F2NO/c16-13-2-1-3-14(17)12(13)9-18(11-6-7-11)15(19)8-10-4-5-10/h1-3,10-11H,4-9H2. The summed E-state index contributed by atoms with van der Waals surface area (Å²) < 4.78 is 27.3. The lowest BCUT2D eigenvalue weighted by molar-refractivity contribution is -0.132. The van der Waals surface area contributed by atoms with E-state index < -0.39 is 11.6 Å². The number of carbonyl (C=O) groups excluding carboxylic acids is 1. The predicted molar refractivity (Wildman–Crippen MR) is 67.3 cm³/mol. The third-order valence-corrected chi connectivity index (χ3v) is 3.86. The zero-order valence-electron chi connectivity index (χ0n) is 10.7. The van der Waals surface area contributed by atoms with Gasteiger partial charge in [0.05, 0.1) is 6.54 Å². The van der Waals surface area contributed by atoms with E-state index >= 15 is 0 Å². The minimum Gasteiger partial charge on any atom is -0.335 e. The maximum atomic E-state index is 13.7. The fraction of sp³-hybridized carbons (Fsp3) is 0.533. The van der Waals surface area contributed by atoms with E-state index in [1.165, 1.54) is 18.2 Å². The number of benzene rings is 1. The smallest absolute Gasteiger partial charge is 0.223 e. The lowest BCUT2D eigenvalue weighted by Gasteiger charge is -2.23. The van der Waals surface area contributed by atoms with E-state index in [0.29, 0.717) is 12.3 Å². The highest BCUT2D eigenvalue weighted by Gasteiger charge is 2.36. The molecule has 2 fully saturated rings. The van der Waals surface area contributed by atoms with Crippen molar-refractivity contribution >= 4 is 5.91 Å². The highest BCUT2D eigenvalue weighted by Crippen LogP contribution is 2.36. The van der Waals surface area contributed by atoms with Crippen molar-refractivity contribution in [3.63, 3.8) is 0 Å². The van der Waals surface area contributed by atoms with Gasteiger partial charge >= 0.3 is 0 Å². The molecule has 19 heavy (non-hydrogen) atoms. The second-order valence-electron chi connectivity index (χ2n) is 5.60. The molecule has 0 N–H and O–H groups in total. The third kappa shape index (κ3) is 2.94. The Morgan fingerprint density at radius 1 is 1.16 bits per heavy atom. The van der Waals surface area contributed by atoms with Crippen molar-refractivity contribution in [1.29, 1.82) is 0 Å². The van der Waals surface area contributed by atoms with Gasteiger partial charge in [0.15, 0.2) is 0 Å². The molecular formula is C15H17F2NO. The van der Waals surface area contributed by atoms with E-state index in [4.69, 9.17) is 0 Å². The number of hydrogen-bond donors (Lipinski definition) is 0. The van der Waals surface area contributed by atoms with Gasteiger partial charge in [-0.25, -0.2) is 8.78 Å². The molecule has 3 rings (SSSR count). The summed E-state index contributed by atoms with van der Waals surface area (Å²) in [5, 5.41) is 0. The number of amides is 1. The van der Waals surface area contributed by atoms with E-state index in [1.807, 2.05) is 0 Å². The highest BCUT2D eigenvalue weighted by atomic mass is 19.1. The molecule has 0 heterocycles. The first kappa shape index (κ1) is 12.6. The molecule has 1 amide bonds. The van der Waals surface area contributed by atoms with Crippen molar-refractivity contribution in [3.05, 3.63) is 35.4 Å². The monoisotopic (exact) mass is 265 g/mol. The number of halogens is 2. The molecule has 0 unspecified atom stereocenters. The Hall–Kier alpha value is -1.45. The van der Waals surface area contributed by atoms with E-state index in [9.17, 15) is 13.6 Å². The summed E-state index contributed by atoms with van der Waals surface area (Å²) >= 11 is 0. The second kappa shape index (κ2) is 4.91. The van der Waals surface area contributed by atoms with Crippen LogP contribution in [0.3, 0.4) is 0 Å². The quantitative estimate of drug-likeness (QED) is 0.800. The molecule has 102 valence electrons. The summed E-state index contributed by atoms with van der Waals surface area (Å²) in [4.78, 5) is 13.8. The van der Waals surface area contributed by atoms with Gasteiger partial charge in [-0.15, -0.1) is 0 Å². The van der Waals surface area contributed by atoms with Crippen LogP contribution in [0.15, 0.2) is 18.2 Å². The van der Waals surface area contributed by atoms with Gasteiger partial charge in [0.2, 0.25) is 5.91 Å². The largest absolute Gasteiger partial charge is 0.335 e. The van der Waals surface area contributed by atoms with Gasteiger partial charge < -0.3 is 4.90 Å². The SMILES string of the molecule is O=C(CC1CC1)N(Cc1c(F)cccc1F)C1CC1. The van der Waals surface area contributed by atoms with Crippen LogP contribution >= 0.6 is 0 Å². The molecule has 1 aromatic rings. The molecule has 1 aromatic carbocycles. The van der Waals surface area contributed by atoms with Gasteiger partial charge in [-0.3, -0.25) is 4.79 Å². The summed E-state index contributed by atoms with van der Waals surface area (Å²) in [5.41, 5.74) is 0.0125. The van der Waals surface area contributed by atoms with Crippen LogP contribution in [0.25, 0.3) is 0 Å². The van der Waals surface area contributed by atoms with Gasteiger partial charge in [-0.1, -0.05) is 6.07 Å². The molecule has 2 aliphatic rings. The van der Waals surface area contributed by atoms with Crippen LogP contribution in [0.2, 0.25) is 0 Å². The van der Waals surface area contributed by atoms with E-state index in [1.54, 1.807) is 4.90 Å². The topological polar surface area (TPSA) is 20.3 Å². The van der Waals surface area contributed by atoms with Gasteiger partial charge in [0.25, 0.3) is 0 Å². The summed E-state index contributed by atoms with van der Waals surface area (Å²) in [5.74, 6) is -0.582. The van der Waals surface area contributed by atoms with Crippen LogP contribution in [0.1, 0.15) is 37.7 Å². The molecule has 0 radical (unpaired) electrons. The van der Waals surface area contributed by atoms with Crippen LogP contribution in [-0.2, 0) is 11.3 Å². The van der Waals surface area contributed by atoms with E-state index in [-0.39, 0.29) is 24.1 Å². The lowest BCUT2D eigenvalue weighted by atomic mass is 10.1. The van der Waals surface area contributed by atoms with Gasteiger partial charge in [-0.05, 0) is 43.7 Å². The fourth-order valence-electron chi connectivity index (χ4n) is 2.35. The third-order valence-electron chi connectivity index (χ3n) is 3.86. The number of carbonyl (C=O) groups is 1. The zero-order valence-corrected chi connectivity index (χ0v) is 10.7. The Bertz CT molecular complexity index is 475. The Labute approximate surface area is 111 Å². The van der Waals surface area contributed by atoms with Crippen molar-refractivity contribution in [2.24, 2.45) is 5.92 Å². The molecular weight excluding hydrogens is 248 g/mol. The molecule has 0 spiro atoms. The molecule has 0 aliphatic heterocycles. The van der Waals surface area contributed by atoms with Crippen molar-refractivity contribution in [2.45, 2.75) is 44.7 Å². The Morgan fingerprint density at radius 2 is 1.79 bits per heavy atom. The predicted octanol–water partition coefficient (Wildman–Crippen LogP) is 3.26. The van der Waals surface area contributed by atoms with Gasteiger partial charge in [0, 0.05) is 18.0 Å². The normalized spacial score (nSPS) is 18.4. The number of nitrogens with zero attached hydrogens (tertiary/aromatic N) is 1. The summed E-state index contributed by atoms with van der Waals surface area (Å²) in [6.07, 6.45) is 4.65. The van der Waals surface area contributed by atoms with Crippen molar-refractivity contribution in [3.8, 4) is 0 Å². The van der Waals surface area contributed by atoms with Crippen LogP contribution in [-0.4, -0.2) is 16.8 Å². The summed E-state index contributed by atoms with van der Waals surface area (Å²) in [7, 11) is 0. The molecule has 0 atom stereocenters. The number of hydrogen-bond acceptors (Lipinski definition) is 1. The van der Waals surface area contributed by atoms with Gasteiger partial charge in [0.1, 0.15) is 11.6 Å². The van der Waals surface area contributed by atoms with E-state index in [0.717, 1.165) is 25.7 Å². The van der Waals surface area contributed by atoms with Crippen LogP contribution < -0.4 is 0 Å². The Kier molecular flexibility index (Phi) is 3.25. The molecule has 2 saturated carbocycles. The molecule has 0 aromatic heterocycles. The maximum absolute atomic E-state index is 13.7. The molecule has 0 saturated heterocycles. The van der Waals surface area contributed by atoms with Gasteiger partial charge in [-0.2, -0.15) is 0 Å². The molecule has 0 bridgehead atoms. The molecule has 2 aliphatic carbocycles. The van der Waals surface area contributed by atoms with Crippen LogP contribution in [0.5, 0.6) is 0 Å². The minimum atomic E-state index is -0.565. The highest BCUT2D eigenvalue weighted by molar-refractivity contribution is 5.77. The lowest BCUT2D eigenvalue weighted by Crippen LogP contribution is -2.33. The molecule has 2 nitrogen and oxygen atoms in total. The summed E-state index contributed by atoms with van der Waals surface area (Å²) in [6.45, 7) is 0.0642. The van der Waals surface area contributed by atoms with Crippen molar-refractivity contribution in [2.75, 3.05) is 0 Å². The molecule has 4 heteroatoms. The second-order valence-corrected chi connectivity index (χ2v) is 5.60. The fourth-order valence-corrected chi connectivity index (χ4v) is 2.35. The first-order chi connectivity index (χ1) is 9.15. The summed E-state index contributed by atoms with van der Waals surface area (Å²) in [6, 6.07) is 4.02. The Morgan fingerprint density at radius 3 is 2.32 bits per heavy atom. The Balaban J connectivity index is 1.75.